The topological polar surface area (TPSA) is 47.0 Å². The number of carbonyl (C=O) groups is 1. The van der Waals surface area contributed by atoms with Crippen molar-refractivity contribution in [1.29, 1.82) is 0 Å². The van der Waals surface area contributed by atoms with Gasteiger partial charge in [0.15, 0.2) is 0 Å². The van der Waals surface area contributed by atoms with Crippen molar-refractivity contribution >= 4 is 16.9 Å². The zero-order valence-corrected chi connectivity index (χ0v) is 13.6. The van der Waals surface area contributed by atoms with Crippen LogP contribution in [-0.4, -0.2) is 22.6 Å². The molecule has 0 aliphatic carbocycles. The molecule has 23 heavy (non-hydrogen) atoms. The van der Waals surface area contributed by atoms with E-state index in [4.69, 9.17) is 4.74 Å². The molecule has 4 nitrogen and oxygen atoms in total. The third-order valence-electron chi connectivity index (χ3n) is 4.38. The lowest BCUT2D eigenvalue weighted by atomic mass is 10.1. The molecule has 3 rings (SSSR count). The third-order valence-corrected chi connectivity index (χ3v) is 4.38. The molecule has 0 bridgehead atoms. The van der Waals surface area contributed by atoms with Crippen LogP contribution in [0.2, 0.25) is 0 Å². The van der Waals surface area contributed by atoms with Crippen molar-refractivity contribution in [2.45, 2.75) is 32.7 Å². The fourth-order valence-electron chi connectivity index (χ4n) is 3.06. The number of rotatable bonds is 6. The average molecular weight is 310 g/mol. The summed E-state index contributed by atoms with van der Waals surface area (Å²) in [5.41, 5.74) is 4.92. The van der Waals surface area contributed by atoms with Gasteiger partial charge in [0.2, 0.25) is 0 Å². The molecule has 0 atom stereocenters. The SMILES string of the molecule is COC(=O)CCc1ccc(C)n1CCc1c[nH]c2ccccc12. The zero-order valence-electron chi connectivity index (χ0n) is 13.6. The van der Waals surface area contributed by atoms with Crippen molar-refractivity contribution in [3.05, 3.63) is 59.5 Å². The Bertz CT molecular complexity index is 814. The summed E-state index contributed by atoms with van der Waals surface area (Å²) in [6.07, 6.45) is 4.20. The summed E-state index contributed by atoms with van der Waals surface area (Å²) in [4.78, 5) is 14.7. The molecule has 0 spiro atoms. The van der Waals surface area contributed by atoms with Crippen molar-refractivity contribution in [1.82, 2.24) is 9.55 Å². The third kappa shape index (κ3) is 3.31. The van der Waals surface area contributed by atoms with Crippen LogP contribution in [-0.2, 0) is 28.9 Å². The molecular formula is C19H22N2O2. The number of hydrogen-bond donors (Lipinski definition) is 1. The number of para-hydroxylation sites is 1. The van der Waals surface area contributed by atoms with E-state index in [0.29, 0.717) is 12.8 Å². The Morgan fingerprint density at radius 2 is 2.00 bits per heavy atom. The lowest BCUT2D eigenvalue weighted by molar-refractivity contribution is -0.140. The number of esters is 1. The zero-order chi connectivity index (χ0) is 16.2. The number of nitrogens with one attached hydrogen (secondary N) is 1. The number of methoxy groups -OCH3 is 1. The van der Waals surface area contributed by atoms with E-state index in [0.717, 1.165) is 13.0 Å². The number of fused-ring (bicyclic) bond motifs is 1. The van der Waals surface area contributed by atoms with Gasteiger partial charge in [-0.1, -0.05) is 18.2 Å². The maximum atomic E-state index is 11.4. The molecule has 0 saturated heterocycles. The predicted octanol–water partition coefficient (Wildman–Crippen LogP) is 3.63. The first-order chi connectivity index (χ1) is 11.2. The van der Waals surface area contributed by atoms with E-state index in [1.165, 1.54) is 35.0 Å². The van der Waals surface area contributed by atoms with Crippen molar-refractivity contribution < 1.29 is 9.53 Å². The van der Waals surface area contributed by atoms with Crippen LogP contribution in [0.25, 0.3) is 10.9 Å². The number of carbonyl (C=O) groups excluding carboxylic acids is 1. The molecule has 3 aromatic rings. The molecule has 0 radical (unpaired) electrons. The quantitative estimate of drug-likeness (QED) is 0.707. The van der Waals surface area contributed by atoms with E-state index in [-0.39, 0.29) is 5.97 Å². The Labute approximate surface area is 136 Å². The van der Waals surface area contributed by atoms with E-state index in [1.54, 1.807) is 0 Å². The number of H-pyrrole nitrogens is 1. The van der Waals surface area contributed by atoms with Gasteiger partial charge < -0.3 is 14.3 Å². The molecule has 4 heteroatoms. The highest BCUT2D eigenvalue weighted by molar-refractivity contribution is 5.83. The maximum Gasteiger partial charge on any atom is 0.305 e. The maximum absolute atomic E-state index is 11.4. The van der Waals surface area contributed by atoms with Crippen molar-refractivity contribution in [3.8, 4) is 0 Å². The van der Waals surface area contributed by atoms with Gasteiger partial charge in [-0.05, 0) is 43.5 Å². The molecule has 1 N–H and O–H groups in total. The monoisotopic (exact) mass is 310 g/mol. The summed E-state index contributed by atoms with van der Waals surface area (Å²) >= 11 is 0. The number of aryl methyl sites for hydroxylation is 3. The van der Waals surface area contributed by atoms with E-state index in [9.17, 15) is 4.79 Å². The lowest BCUT2D eigenvalue weighted by Gasteiger charge is -2.11. The number of aromatic nitrogens is 2. The molecule has 0 saturated carbocycles. The summed E-state index contributed by atoms with van der Waals surface area (Å²) in [5.74, 6) is -0.160. The summed E-state index contributed by atoms with van der Waals surface area (Å²) in [6, 6.07) is 12.6. The normalized spacial score (nSPS) is 11.0. The first-order valence-corrected chi connectivity index (χ1v) is 7.96. The van der Waals surface area contributed by atoms with E-state index in [2.05, 4.69) is 53.0 Å². The fraction of sp³-hybridized carbons (Fsp3) is 0.316. The van der Waals surface area contributed by atoms with Gasteiger partial charge in [-0.15, -0.1) is 0 Å². The number of hydrogen-bond acceptors (Lipinski definition) is 2. The van der Waals surface area contributed by atoms with Crippen LogP contribution in [0.1, 0.15) is 23.4 Å². The lowest BCUT2D eigenvalue weighted by Crippen LogP contribution is -2.09. The van der Waals surface area contributed by atoms with Crippen LogP contribution >= 0.6 is 0 Å². The standard InChI is InChI=1S/C19H22N2O2/c1-14-7-8-16(9-10-19(22)23-2)21(14)12-11-15-13-20-18-6-4-3-5-17(15)18/h3-8,13,20H,9-12H2,1-2H3. The largest absolute Gasteiger partial charge is 0.469 e. The fourth-order valence-corrected chi connectivity index (χ4v) is 3.06. The van der Waals surface area contributed by atoms with Gasteiger partial charge >= 0.3 is 5.97 Å². The number of benzene rings is 1. The van der Waals surface area contributed by atoms with Gasteiger partial charge in [-0.3, -0.25) is 4.79 Å². The molecular weight excluding hydrogens is 288 g/mol. The average Bonchev–Trinajstić information content (AvgIpc) is 3.14. The molecule has 0 aliphatic heterocycles. The van der Waals surface area contributed by atoms with Gasteiger partial charge in [0.25, 0.3) is 0 Å². The second-order valence-electron chi connectivity index (χ2n) is 5.80. The highest BCUT2D eigenvalue weighted by atomic mass is 16.5. The molecule has 120 valence electrons. The highest BCUT2D eigenvalue weighted by Gasteiger charge is 2.09. The summed E-state index contributed by atoms with van der Waals surface area (Å²) in [6.45, 7) is 3.02. The first kappa shape index (κ1) is 15.4. The predicted molar refractivity (Wildman–Crippen MR) is 91.5 cm³/mol. The molecule has 2 aromatic heterocycles. The number of aromatic amines is 1. The van der Waals surface area contributed by atoms with Crippen LogP contribution in [0.4, 0.5) is 0 Å². The molecule has 0 aliphatic rings. The molecule has 1 aromatic carbocycles. The van der Waals surface area contributed by atoms with Crippen LogP contribution in [0.3, 0.4) is 0 Å². The van der Waals surface area contributed by atoms with Crippen LogP contribution in [0.5, 0.6) is 0 Å². The van der Waals surface area contributed by atoms with Crippen LogP contribution in [0, 0.1) is 6.92 Å². The second kappa shape index (κ2) is 6.73. The Morgan fingerprint density at radius 3 is 2.83 bits per heavy atom. The van der Waals surface area contributed by atoms with Gasteiger partial charge in [0, 0.05) is 35.0 Å². The van der Waals surface area contributed by atoms with Gasteiger partial charge in [0.05, 0.1) is 13.5 Å². The number of ether oxygens (including phenoxy) is 1. The highest BCUT2D eigenvalue weighted by Crippen LogP contribution is 2.20. The van der Waals surface area contributed by atoms with Crippen molar-refractivity contribution in [2.24, 2.45) is 0 Å². The van der Waals surface area contributed by atoms with Crippen LogP contribution in [0.15, 0.2) is 42.6 Å². The Balaban J connectivity index is 1.73. The van der Waals surface area contributed by atoms with E-state index >= 15 is 0 Å². The molecule has 2 heterocycles. The minimum absolute atomic E-state index is 0.160. The number of nitrogens with zero attached hydrogens (tertiary/aromatic N) is 1. The molecule has 0 unspecified atom stereocenters. The van der Waals surface area contributed by atoms with Crippen LogP contribution < -0.4 is 0 Å². The minimum Gasteiger partial charge on any atom is -0.469 e. The Morgan fingerprint density at radius 1 is 1.17 bits per heavy atom. The van der Waals surface area contributed by atoms with E-state index < -0.39 is 0 Å². The second-order valence-corrected chi connectivity index (χ2v) is 5.80. The molecule has 0 amide bonds. The summed E-state index contributed by atoms with van der Waals surface area (Å²) < 4.78 is 7.03. The van der Waals surface area contributed by atoms with Gasteiger partial charge in [0.1, 0.15) is 0 Å². The van der Waals surface area contributed by atoms with Crippen molar-refractivity contribution in [3.63, 3.8) is 0 Å². The van der Waals surface area contributed by atoms with E-state index in [1.807, 2.05) is 6.07 Å². The first-order valence-electron chi connectivity index (χ1n) is 7.96. The summed E-state index contributed by atoms with van der Waals surface area (Å²) in [5, 5.41) is 1.29. The molecule has 0 fully saturated rings. The van der Waals surface area contributed by atoms with Gasteiger partial charge in [-0.25, -0.2) is 0 Å². The van der Waals surface area contributed by atoms with Gasteiger partial charge in [-0.2, -0.15) is 0 Å². The summed E-state index contributed by atoms with van der Waals surface area (Å²) in [7, 11) is 1.43. The Hall–Kier alpha value is -2.49. The smallest absolute Gasteiger partial charge is 0.305 e. The minimum atomic E-state index is -0.160. The Kier molecular flexibility index (Phi) is 4.51. The van der Waals surface area contributed by atoms with Crippen molar-refractivity contribution in [2.75, 3.05) is 7.11 Å².